The minimum absolute atomic E-state index is 0.0130. The molecule has 0 radical (unpaired) electrons. The van der Waals surface area contributed by atoms with Gasteiger partial charge in [0.15, 0.2) is 6.23 Å². The monoisotopic (exact) mass is 603 g/mol. The number of nitro benzene ring substituents is 1. The quantitative estimate of drug-likeness (QED) is 0.0861. The Labute approximate surface area is 251 Å². The number of non-ortho nitro benzene ring substituents is 1. The van der Waals surface area contributed by atoms with Gasteiger partial charge in [0, 0.05) is 42.4 Å². The predicted molar refractivity (Wildman–Crippen MR) is 156 cm³/mol. The zero-order chi connectivity index (χ0) is 31.8. The van der Waals surface area contributed by atoms with Crippen molar-refractivity contribution in [3.05, 3.63) is 105 Å². The number of hydrogen-bond donors (Lipinski definition) is 3. The Kier molecular flexibility index (Phi) is 9.85. The zero-order valence-electron chi connectivity index (χ0n) is 24.0. The Morgan fingerprint density at radius 3 is 2.41 bits per heavy atom. The lowest BCUT2D eigenvalue weighted by Gasteiger charge is -2.30. The van der Waals surface area contributed by atoms with Gasteiger partial charge in [-0.3, -0.25) is 19.7 Å². The number of ether oxygens (including phenoxy) is 3. The highest BCUT2D eigenvalue weighted by molar-refractivity contribution is 6.04. The standard InChI is InChI=1S/C30H29N5O9/c1-17-26(29(38)42-3)28(20-5-4-6-21(15-20)35(40)41)27(18(2)32-17)30(39)44-25(31-16-36)13-14-43-22-9-7-19(8-10-22)23-11-12-24(37)34-33-23/h4-10,13-16,25,28,32H,11-12H2,1-3H3,(H,31,36)(H,34,37). The van der Waals surface area contributed by atoms with Gasteiger partial charge in [-0.1, -0.05) is 12.1 Å². The van der Waals surface area contributed by atoms with Crippen LogP contribution in [0.25, 0.3) is 0 Å². The Hall–Kier alpha value is -5.79. The molecule has 2 atom stereocenters. The van der Waals surface area contributed by atoms with Crippen molar-refractivity contribution in [1.82, 2.24) is 16.1 Å². The molecule has 2 unspecified atom stereocenters. The van der Waals surface area contributed by atoms with E-state index in [9.17, 15) is 29.3 Å². The highest BCUT2D eigenvalue weighted by Gasteiger charge is 2.39. The summed E-state index contributed by atoms with van der Waals surface area (Å²) >= 11 is 0. The Morgan fingerprint density at radius 1 is 1.09 bits per heavy atom. The minimum atomic E-state index is -1.28. The van der Waals surface area contributed by atoms with E-state index in [1.165, 1.54) is 37.6 Å². The first-order chi connectivity index (χ1) is 21.1. The van der Waals surface area contributed by atoms with Crippen molar-refractivity contribution in [2.75, 3.05) is 7.11 Å². The number of hydrazone groups is 1. The summed E-state index contributed by atoms with van der Waals surface area (Å²) in [7, 11) is 1.18. The smallest absolute Gasteiger partial charge is 0.338 e. The van der Waals surface area contributed by atoms with Gasteiger partial charge in [-0.05, 0) is 49.2 Å². The minimum Gasteiger partial charge on any atom is -0.466 e. The molecule has 14 nitrogen and oxygen atoms in total. The summed E-state index contributed by atoms with van der Waals surface area (Å²) in [6.07, 6.45) is 2.44. The van der Waals surface area contributed by atoms with Crippen LogP contribution in [-0.2, 0) is 28.7 Å². The van der Waals surface area contributed by atoms with Crippen LogP contribution < -0.4 is 20.8 Å². The first-order valence-corrected chi connectivity index (χ1v) is 13.3. The third-order valence-electron chi connectivity index (χ3n) is 6.82. The lowest BCUT2D eigenvalue weighted by Crippen LogP contribution is -2.36. The summed E-state index contributed by atoms with van der Waals surface area (Å²) < 4.78 is 16.1. The molecule has 2 amide bonds. The maximum atomic E-state index is 13.6. The van der Waals surface area contributed by atoms with Crippen molar-refractivity contribution in [3.63, 3.8) is 0 Å². The third kappa shape index (κ3) is 7.15. The van der Waals surface area contributed by atoms with Gasteiger partial charge in [0.25, 0.3) is 5.69 Å². The molecule has 0 bridgehead atoms. The number of hydrogen-bond acceptors (Lipinski definition) is 11. The molecule has 2 aliphatic heterocycles. The fourth-order valence-electron chi connectivity index (χ4n) is 4.77. The number of esters is 2. The molecule has 0 aromatic heterocycles. The first-order valence-electron chi connectivity index (χ1n) is 13.3. The second-order valence-electron chi connectivity index (χ2n) is 9.65. The van der Waals surface area contributed by atoms with E-state index in [1.807, 2.05) is 0 Å². The lowest BCUT2D eigenvalue weighted by atomic mass is 9.80. The van der Waals surface area contributed by atoms with Gasteiger partial charge in [-0.2, -0.15) is 5.10 Å². The molecule has 0 saturated heterocycles. The summed E-state index contributed by atoms with van der Waals surface area (Å²) in [5.74, 6) is -2.43. The number of allylic oxidation sites excluding steroid dienone is 2. The fourth-order valence-corrected chi connectivity index (χ4v) is 4.77. The van der Waals surface area contributed by atoms with Gasteiger partial charge in [-0.15, -0.1) is 0 Å². The van der Waals surface area contributed by atoms with E-state index in [4.69, 9.17) is 14.2 Å². The van der Waals surface area contributed by atoms with Crippen LogP contribution in [0.5, 0.6) is 5.75 Å². The second-order valence-corrected chi connectivity index (χ2v) is 9.65. The number of dihydropyridines is 1. The Bertz CT molecular complexity index is 1610. The molecular formula is C30H29N5O9. The van der Waals surface area contributed by atoms with E-state index >= 15 is 0 Å². The molecule has 14 heteroatoms. The molecular weight excluding hydrogens is 574 g/mol. The molecule has 0 saturated carbocycles. The Balaban J connectivity index is 1.55. The van der Waals surface area contributed by atoms with Crippen LogP contribution in [0.2, 0.25) is 0 Å². The molecule has 228 valence electrons. The van der Waals surface area contributed by atoms with Crippen molar-refractivity contribution >= 4 is 35.7 Å². The number of benzene rings is 2. The number of rotatable bonds is 11. The van der Waals surface area contributed by atoms with Crippen molar-refractivity contribution in [1.29, 1.82) is 0 Å². The maximum Gasteiger partial charge on any atom is 0.338 e. The summed E-state index contributed by atoms with van der Waals surface area (Å²) in [5.41, 5.74) is 4.83. The molecule has 0 fully saturated rings. The fraction of sp³-hybridized carbons (Fsp3) is 0.233. The van der Waals surface area contributed by atoms with E-state index in [0.717, 1.165) is 11.3 Å². The van der Waals surface area contributed by atoms with Crippen molar-refractivity contribution in [3.8, 4) is 5.75 Å². The summed E-state index contributed by atoms with van der Waals surface area (Å²) in [4.78, 5) is 60.0. The van der Waals surface area contributed by atoms with Gasteiger partial charge < -0.3 is 24.8 Å². The number of nitrogens with zero attached hydrogens (tertiary/aromatic N) is 2. The van der Waals surface area contributed by atoms with Gasteiger partial charge >= 0.3 is 11.9 Å². The topological polar surface area (TPSA) is 188 Å². The molecule has 2 aliphatic rings. The number of methoxy groups -OCH3 is 1. The van der Waals surface area contributed by atoms with Crippen LogP contribution in [-0.4, -0.2) is 48.2 Å². The van der Waals surface area contributed by atoms with E-state index in [0.29, 0.717) is 36.4 Å². The molecule has 2 heterocycles. The van der Waals surface area contributed by atoms with Crippen molar-refractivity contribution < 1.29 is 38.3 Å². The van der Waals surface area contributed by atoms with Crippen LogP contribution in [0, 0.1) is 10.1 Å². The van der Waals surface area contributed by atoms with Crippen LogP contribution in [0.15, 0.2) is 88.5 Å². The van der Waals surface area contributed by atoms with Gasteiger partial charge in [-0.25, -0.2) is 15.0 Å². The number of nitrogens with one attached hydrogen (secondary N) is 3. The van der Waals surface area contributed by atoms with E-state index in [-0.39, 0.29) is 28.3 Å². The summed E-state index contributed by atoms with van der Waals surface area (Å²) in [5, 5.41) is 20.9. The second kappa shape index (κ2) is 13.9. The zero-order valence-corrected chi connectivity index (χ0v) is 24.0. The van der Waals surface area contributed by atoms with Gasteiger partial charge in [0.05, 0.1) is 41.1 Å². The van der Waals surface area contributed by atoms with Crippen LogP contribution >= 0.6 is 0 Å². The molecule has 3 N–H and O–H groups in total. The number of amides is 2. The van der Waals surface area contributed by atoms with E-state index in [1.54, 1.807) is 44.2 Å². The number of nitro groups is 1. The van der Waals surface area contributed by atoms with Crippen LogP contribution in [0.1, 0.15) is 43.7 Å². The average Bonchev–Trinajstić information content (AvgIpc) is 3.01. The van der Waals surface area contributed by atoms with Crippen molar-refractivity contribution in [2.24, 2.45) is 5.10 Å². The summed E-state index contributed by atoms with van der Waals surface area (Å²) in [6, 6.07) is 12.5. The molecule has 0 aliphatic carbocycles. The maximum absolute atomic E-state index is 13.6. The van der Waals surface area contributed by atoms with E-state index in [2.05, 4.69) is 21.2 Å². The lowest BCUT2D eigenvalue weighted by molar-refractivity contribution is -0.384. The first kappa shape index (κ1) is 31.2. The SMILES string of the molecule is COC(=O)C1=C(C)NC(C)=C(C(=O)OC(C=COc2ccc(C3=NNC(=O)CC3)cc2)NC=O)C1c1cccc([N+](=O)[O-])c1. The van der Waals surface area contributed by atoms with Gasteiger partial charge in [0.2, 0.25) is 12.3 Å². The molecule has 2 aromatic carbocycles. The Morgan fingerprint density at radius 2 is 1.80 bits per heavy atom. The highest BCUT2D eigenvalue weighted by atomic mass is 16.6. The molecule has 0 spiro atoms. The van der Waals surface area contributed by atoms with E-state index < -0.39 is 29.0 Å². The molecule has 4 rings (SSSR count). The third-order valence-corrected chi connectivity index (χ3v) is 6.82. The van der Waals surface area contributed by atoms with Crippen molar-refractivity contribution in [2.45, 2.75) is 38.8 Å². The highest BCUT2D eigenvalue weighted by Crippen LogP contribution is 2.40. The number of carbonyl (C=O) groups excluding carboxylic acids is 4. The number of carbonyl (C=O) groups is 4. The largest absolute Gasteiger partial charge is 0.466 e. The van der Waals surface area contributed by atoms with Crippen LogP contribution in [0.4, 0.5) is 5.69 Å². The molecule has 44 heavy (non-hydrogen) atoms. The average molecular weight is 604 g/mol. The summed E-state index contributed by atoms with van der Waals surface area (Å²) in [6.45, 7) is 3.21. The van der Waals surface area contributed by atoms with Crippen LogP contribution in [0.3, 0.4) is 0 Å². The predicted octanol–water partition coefficient (Wildman–Crippen LogP) is 2.82. The molecule has 2 aromatic rings. The van der Waals surface area contributed by atoms with Gasteiger partial charge in [0.1, 0.15) is 5.75 Å². The normalized spacial score (nSPS) is 17.2.